The summed E-state index contributed by atoms with van der Waals surface area (Å²) in [6.45, 7) is 1.53. The third kappa shape index (κ3) is 5.41. The standard InChI is InChI=1S/C21H24N2O4/c1-2-21(20(26)27,17-11-7-4-8-12-17)15-23-19(25)14-22-18(24)13-16-9-5-3-6-10-16/h3-12H,2,13-15H2,1H3,(H,22,24)(H,23,25)(H,26,27). The van der Waals surface area contributed by atoms with Crippen LogP contribution in [0, 0.1) is 0 Å². The van der Waals surface area contributed by atoms with Gasteiger partial charge in [-0.1, -0.05) is 67.6 Å². The molecule has 0 aliphatic heterocycles. The molecule has 2 amide bonds. The van der Waals surface area contributed by atoms with Crippen LogP contribution in [0.2, 0.25) is 0 Å². The van der Waals surface area contributed by atoms with Gasteiger partial charge in [0.15, 0.2) is 0 Å². The maximum Gasteiger partial charge on any atom is 0.315 e. The summed E-state index contributed by atoms with van der Waals surface area (Å²) in [6, 6.07) is 18.1. The summed E-state index contributed by atoms with van der Waals surface area (Å²) in [6.07, 6.45) is 0.513. The Labute approximate surface area is 158 Å². The molecule has 0 radical (unpaired) electrons. The maximum absolute atomic E-state index is 12.1. The quantitative estimate of drug-likeness (QED) is 0.630. The Balaban J connectivity index is 1.90. The topological polar surface area (TPSA) is 95.5 Å². The molecule has 0 saturated heterocycles. The summed E-state index contributed by atoms with van der Waals surface area (Å²) < 4.78 is 0. The number of carbonyl (C=O) groups is 3. The van der Waals surface area contributed by atoms with E-state index in [9.17, 15) is 19.5 Å². The second-order valence-corrected chi connectivity index (χ2v) is 6.32. The molecule has 27 heavy (non-hydrogen) atoms. The van der Waals surface area contributed by atoms with Crippen molar-refractivity contribution in [1.29, 1.82) is 0 Å². The van der Waals surface area contributed by atoms with Crippen LogP contribution in [0.3, 0.4) is 0 Å². The third-order valence-corrected chi connectivity index (χ3v) is 4.58. The number of carbonyl (C=O) groups excluding carboxylic acids is 2. The average Bonchev–Trinajstić information content (AvgIpc) is 2.68. The molecule has 1 unspecified atom stereocenters. The monoisotopic (exact) mass is 368 g/mol. The minimum atomic E-state index is -1.20. The van der Waals surface area contributed by atoms with Gasteiger partial charge in [-0.15, -0.1) is 0 Å². The maximum atomic E-state index is 12.1. The van der Waals surface area contributed by atoms with Crippen LogP contribution in [0.4, 0.5) is 0 Å². The molecule has 0 aliphatic rings. The molecular weight excluding hydrogens is 344 g/mol. The highest BCUT2D eigenvalue weighted by Gasteiger charge is 2.38. The lowest BCUT2D eigenvalue weighted by molar-refractivity contribution is -0.144. The predicted molar refractivity (Wildman–Crippen MR) is 102 cm³/mol. The van der Waals surface area contributed by atoms with E-state index in [0.29, 0.717) is 12.0 Å². The van der Waals surface area contributed by atoms with Gasteiger partial charge in [-0.2, -0.15) is 0 Å². The van der Waals surface area contributed by atoms with Gasteiger partial charge in [-0.3, -0.25) is 14.4 Å². The van der Waals surface area contributed by atoms with Gasteiger partial charge >= 0.3 is 5.97 Å². The second-order valence-electron chi connectivity index (χ2n) is 6.32. The van der Waals surface area contributed by atoms with Crippen LogP contribution in [-0.2, 0) is 26.2 Å². The van der Waals surface area contributed by atoms with Crippen molar-refractivity contribution in [2.45, 2.75) is 25.2 Å². The first-order chi connectivity index (χ1) is 13.0. The normalized spacial score (nSPS) is 12.6. The Hall–Kier alpha value is -3.15. The molecule has 0 heterocycles. The van der Waals surface area contributed by atoms with E-state index >= 15 is 0 Å². The lowest BCUT2D eigenvalue weighted by Crippen LogP contribution is -2.48. The largest absolute Gasteiger partial charge is 0.481 e. The minimum absolute atomic E-state index is 0.0454. The number of carboxylic acid groups (broad SMARTS) is 1. The van der Waals surface area contributed by atoms with Crippen molar-refractivity contribution >= 4 is 17.8 Å². The number of amides is 2. The Bertz CT molecular complexity index is 777. The zero-order valence-electron chi connectivity index (χ0n) is 15.3. The van der Waals surface area contributed by atoms with Crippen molar-refractivity contribution in [3.05, 3.63) is 71.8 Å². The van der Waals surface area contributed by atoms with Gasteiger partial charge in [-0.25, -0.2) is 0 Å². The van der Waals surface area contributed by atoms with Crippen LogP contribution in [0.25, 0.3) is 0 Å². The zero-order valence-corrected chi connectivity index (χ0v) is 15.3. The van der Waals surface area contributed by atoms with Crippen LogP contribution in [-0.4, -0.2) is 36.0 Å². The van der Waals surface area contributed by atoms with Crippen LogP contribution in [0.5, 0.6) is 0 Å². The molecule has 0 saturated carbocycles. The number of hydrogen-bond donors (Lipinski definition) is 3. The van der Waals surface area contributed by atoms with Crippen molar-refractivity contribution < 1.29 is 19.5 Å². The predicted octanol–water partition coefficient (Wildman–Crippen LogP) is 1.89. The Morgan fingerprint density at radius 2 is 1.48 bits per heavy atom. The molecule has 2 rings (SSSR count). The van der Waals surface area contributed by atoms with Gasteiger partial charge in [0.05, 0.1) is 13.0 Å². The molecule has 0 fully saturated rings. The SMILES string of the molecule is CCC(CNC(=O)CNC(=O)Cc1ccccc1)(C(=O)O)c1ccccc1. The number of hydrogen-bond acceptors (Lipinski definition) is 3. The molecule has 6 nitrogen and oxygen atoms in total. The summed E-state index contributed by atoms with van der Waals surface area (Å²) in [4.78, 5) is 35.9. The van der Waals surface area contributed by atoms with Gasteiger partial charge in [0, 0.05) is 6.54 Å². The molecular formula is C21H24N2O4. The van der Waals surface area contributed by atoms with E-state index in [2.05, 4.69) is 10.6 Å². The Kier molecular flexibility index (Phi) is 7.11. The molecule has 0 aliphatic carbocycles. The summed E-state index contributed by atoms with van der Waals surface area (Å²) >= 11 is 0. The molecule has 3 N–H and O–H groups in total. The van der Waals surface area contributed by atoms with Gasteiger partial charge in [0.2, 0.25) is 11.8 Å². The van der Waals surface area contributed by atoms with E-state index in [-0.39, 0.29) is 25.4 Å². The fraction of sp³-hybridized carbons (Fsp3) is 0.286. The first kappa shape index (κ1) is 20.2. The molecule has 2 aromatic rings. The van der Waals surface area contributed by atoms with Crippen molar-refractivity contribution in [3.8, 4) is 0 Å². The third-order valence-electron chi connectivity index (χ3n) is 4.58. The second kappa shape index (κ2) is 9.52. The Morgan fingerprint density at radius 3 is 2.04 bits per heavy atom. The molecule has 1 atom stereocenters. The van der Waals surface area contributed by atoms with E-state index in [1.54, 1.807) is 31.2 Å². The van der Waals surface area contributed by atoms with E-state index in [1.807, 2.05) is 36.4 Å². The first-order valence-corrected chi connectivity index (χ1v) is 8.84. The summed E-state index contributed by atoms with van der Waals surface area (Å²) in [7, 11) is 0. The fourth-order valence-electron chi connectivity index (χ4n) is 2.87. The highest BCUT2D eigenvalue weighted by molar-refractivity contribution is 5.87. The van der Waals surface area contributed by atoms with Gasteiger partial charge in [0.1, 0.15) is 5.41 Å². The average molecular weight is 368 g/mol. The molecule has 142 valence electrons. The zero-order chi connectivity index (χ0) is 19.7. The van der Waals surface area contributed by atoms with Crippen molar-refractivity contribution in [1.82, 2.24) is 10.6 Å². The minimum Gasteiger partial charge on any atom is -0.481 e. The smallest absolute Gasteiger partial charge is 0.315 e. The lowest BCUT2D eigenvalue weighted by Gasteiger charge is -2.29. The molecule has 2 aromatic carbocycles. The first-order valence-electron chi connectivity index (χ1n) is 8.84. The summed E-state index contributed by atoms with van der Waals surface area (Å²) in [5.74, 6) is -1.68. The molecule has 0 bridgehead atoms. The molecule has 0 spiro atoms. The van der Waals surface area contributed by atoms with Crippen LogP contribution >= 0.6 is 0 Å². The van der Waals surface area contributed by atoms with E-state index in [4.69, 9.17) is 0 Å². The highest BCUT2D eigenvalue weighted by Crippen LogP contribution is 2.27. The number of nitrogens with one attached hydrogen (secondary N) is 2. The fourth-order valence-corrected chi connectivity index (χ4v) is 2.87. The van der Waals surface area contributed by atoms with Crippen molar-refractivity contribution in [3.63, 3.8) is 0 Å². The lowest BCUT2D eigenvalue weighted by atomic mass is 9.78. The van der Waals surface area contributed by atoms with Crippen molar-refractivity contribution in [2.24, 2.45) is 0 Å². The highest BCUT2D eigenvalue weighted by atomic mass is 16.4. The van der Waals surface area contributed by atoms with Gasteiger partial charge < -0.3 is 15.7 Å². The van der Waals surface area contributed by atoms with Crippen molar-refractivity contribution in [2.75, 3.05) is 13.1 Å². The summed E-state index contributed by atoms with van der Waals surface area (Å²) in [5, 5.41) is 14.9. The molecule has 6 heteroatoms. The van der Waals surface area contributed by atoms with Gasteiger partial charge in [0.25, 0.3) is 0 Å². The number of carboxylic acids is 1. The van der Waals surface area contributed by atoms with Crippen LogP contribution < -0.4 is 10.6 Å². The Morgan fingerprint density at radius 1 is 0.889 bits per heavy atom. The van der Waals surface area contributed by atoms with E-state index in [1.165, 1.54) is 0 Å². The number of rotatable bonds is 9. The molecule has 0 aromatic heterocycles. The van der Waals surface area contributed by atoms with Crippen LogP contribution in [0.1, 0.15) is 24.5 Å². The van der Waals surface area contributed by atoms with E-state index < -0.39 is 17.3 Å². The number of aliphatic carboxylic acids is 1. The summed E-state index contributed by atoms with van der Waals surface area (Å²) in [5.41, 5.74) is 0.286. The number of benzene rings is 2. The van der Waals surface area contributed by atoms with Gasteiger partial charge in [-0.05, 0) is 17.5 Å². The van der Waals surface area contributed by atoms with E-state index in [0.717, 1.165) is 5.56 Å². The van der Waals surface area contributed by atoms with Crippen LogP contribution in [0.15, 0.2) is 60.7 Å².